The summed E-state index contributed by atoms with van der Waals surface area (Å²) in [5.74, 6) is -0.557. The number of aliphatic hydroxyl groups excluding tert-OH is 4. The van der Waals surface area contributed by atoms with Crippen LogP contribution in [-0.4, -0.2) is 70.8 Å². The van der Waals surface area contributed by atoms with Crippen molar-refractivity contribution < 1.29 is 39.4 Å². The van der Waals surface area contributed by atoms with E-state index in [0.29, 0.717) is 0 Å². The molecule has 1 heterocycles. The fraction of sp³-hybridized carbons (Fsp3) is 0.500. The average Bonchev–Trinajstić information content (AvgIpc) is 2.55. The SMILES string of the molecule is COC(=O)c1ccccc1O[C@@H]1O[C@H](CO)[C@@H](O)[C@H](O)[C@H]1O. The first kappa shape index (κ1) is 16.7. The van der Waals surface area contributed by atoms with Crippen LogP contribution in [0, 0.1) is 0 Å². The van der Waals surface area contributed by atoms with Crippen LogP contribution in [0.3, 0.4) is 0 Å². The van der Waals surface area contributed by atoms with Crippen molar-refractivity contribution in [3.63, 3.8) is 0 Å². The predicted octanol–water partition coefficient (Wildman–Crippen LogP) is -1.35. The van der Waals surface area contributed by atoms with Crippen LogP contribution in [-0.2, 0) is 9.47 Å². The average molecular weight is 314 g/mol. The zero-order valence-corrected chi connectivity index (χ0v) is 11.8. The molecule has 4 N–H and O–H groups in total. The Labute approximate surface area is 126 Å². The maximum atomic E-state index is 11.7. The Morgan fingerprint density at radius 3 is 2.50 bits per heavy atom. The third-order valence-corrected chi connectivity index (χ3v) is 3.38. The van der Waals surface area contributed by atoms with E-state index in [1.807, 2.05) is 0 Å². The summed E-state index contributed by atoms with van der Waals surface area (Å²) >= 11 is 0. The van der Waals surface area contributed by atoms with E-state index in [2.05, 4.69) is 4.74 Å². The summed E-state index contributed by atoms with van der Waals surface area (Å²) in [5, 5.41) is 38.4. The van der Waals surface area contributed by atoms with Gasteiger partial charge in [0.2, 0.25) is 6.29 Å². The van der Waals surface area contributed by atoms with E-state index >= 15 is 0 Å². The Bertz CT molecular complexity index is 517. The smallest absolute Gasteiger partial charge is 0.341 e. The van der Waals surface area contributed by atoms with Crippen molar-refractivity contribution in [2.45, 2.75) is 30.7 Å². The number of carbonyl (C=O) groups is 1. The predicted molar refractivity (Wildman–Crippen MR) is 72.2 cm³/mol. The van der Waals surface area contributed by atoms with Crippen LogP contribution < -0.4 is 4.74 Å². The Balaban J connectivity index is 2.21. The van der Waals surface area contributed by atoms with Gasteiger partial charge in [-0.05, 0) is 12.1 Å². The second-order valence-electron chi connectivity index (χ2n) is 4.80. The molecule has 1 aromatic carbocycles. The summed E-state index contributed by atoms with van der Waals surface area (Å²) in [6.07, 6.45) is -7.03. The van der Waals surface area contributed by atoms with Crippen molar-refractivity contribution in [1.82, 2.24) is 0 Å². The van der Waals surface area contributed by atoms with Crippen LogP contribution >= 0.6 is 0 Å². The van der Waals surface area contributed by atoms with Gasteiger partial charge in [0, 0.05) is 0 Å². The van der Waals surface area contributed by atoms with Crippen molar-refractivity contribution in [1.29, 1.82) is 0 Å². The van der Waals surface area contributed by atoms with Crippen LogP contribution in [0.4, 0.5) is 0 Å². The van der Waals surface area contributed by atoms with Gasteiger partial charge < -0.3 is 34.6 Å². The summed E-state index contributed by atoms with van der Waals surface area (Å²) < 4.78 is 15.3. The van der Waals surface area contributed by atoms with Crippen molar-refractivity contribution >= 4 is 5.97 Å². The van der Waals surface area contributed by atoms with Gasteiger partial charge in [-0.1, -0.05) is 12.1 Å². The van der Waals surface area contributed by atoms with Crippen LogP contribution in [0.15, 0.2) is 24.3 Å². The number of para-hydroxylation sites is 1. The summed E-state index contributed by atoms with van der Waals surface area (Å²) in [6, 6.07) is 6.14. The molecule has 2 rings (SSSR count). The number of methoxy groups -OCH3 is 1. The van der Waals surface area contributed by atoms with Crippen LogP contribution in [0.25, 0.3) is 0 Å². The lowest BCUT2D eigenvalue weighted by Gasteiger charge is -2.39. The lowest BCUT2D eigenvalue weighted by Crippen LogP contribution is -2.60. The van der Waals surface area contributed by atoms with Crippen molar-refractivity contribution in [2.24, 2.45) is 0 Å². The third kappa shape index (κ3) is 3.21. The minimum Gasteiger partial charge on any atom is -0.465 e. The van der Waals surface area contributed by atoms with Crippen molar-refractivity contribution in [3.05, 3.63) is 29.8 Å². The van der Waals surface area contributed by atoms with E-state index in [9.17, 15) is 20.1 Å². The van der Waals surface area contributed by atoms with Gasteiger partial charge in [-0.2, -0.15) is 0 Å². The van der Waals surface area contributed by atoms with Crippen molar-refractivity contribution in [2.75, 3.05) is 13.7 Å². The standard InChI is InChI=1S/C14H18O8/c1-20-13(19)7-4-2-3-5-8(7)21-14-12(18)11(17)10(16)9(6-15)22-14/h2-5,9-12,14-18H,6H2,1H3/t9-,10-,11+,12-,14-/m1/s1. The maximum Gasteiger partial charge on any atom is 0.341 e. The first-order valence-corrected chi connectivity index (χ1v) is 6.64. The van der Waals surface area contributed by atoms with Crippen molar-refractivity contribution in [3.8, 4) is 5.75 Å². The minimum absolute atomic E-state index is 0.0821. The fourth-order valence-electron chi connectivity index (χ4n) is 2.14. The molecule has 1 aliphatic heterocycles. The number of ether oxygens (including phenoxy) is 3. The molecular formula is C14H18O8. The van der Waals surface area contributed by atoms with Gasteiger partial charge in [0.15, 0.2) is 0 Å². The van der Waals surface area contributed by atoms with Gasteiger partial charge in [0.1, 0.15) is 35.7 Å². The summed E-state index contributed by atoms with van der Waals surface area (Å²) in [4.78, 5) is 11.7. The van der Waals surface area contributed by atoms with E-state index in [1.165, 1.54) is 19.2 Å². The van der Waals surface area contributed by atoms with E-state index in [-0.39, 0.29) is 11.3 Å². The second-order valence-corrected chi connectivity index (χ2v) is 4.80. The van der Waals surface area contributed by atoms with E-state index in [1.54, 1.807) is 12.1 Å². The van der Waals surface area contributed by atoms with Gasteiger partial charge in [0.05, 0.1) is 13.7 Å². The second kappa shape index (κ2) is 7.03. The molecule has 8 heteroatoms. The van der Waals surface area contributed by atoms with Crippen LogP contribution in [0.5, 0.6) is 5.75 Å². The molecule has 0 aromatic heterocycles. The molecule has 1 aliphatic rings. The first-order valence-electron chi connectivity index (χ1n) is 6.64. The molecule has 0 aliphatic carbocycles. The lowest BCUT2D eigenvalue weighted by atomic mass is 9.99. The number of hydrogen-bond acceptors (Lipinski definition) is 8. The normalized spacial score (nSPS) is 31.6. The molecule has 0 saturated carbocycles. The maximum absolute atomic E-state index is 11.7. The molecule has 0 radical (unpaired) electrons. The molecule has 0 bridgehead atoms. The molecule has 1 fully saturated rings. The zero-order valence-electron chi connectivity index (χ0n) is 11.8. The highest BCUT2D eigenvalue weighted by molar-refractivity contribution is 5.92. The van der Waals surface area contributed by atoms with E-state index < -0.39 is 43.3 Å². The highest BCUT2D eigenvalue weighted by atomic mass is 16.7. The van der Waals surface area contributed by atoms with Crippen LogP contribution in [0.1, 0.15) is 10.4 Å². The number of rotatable bonds is 4. The summed E-state index contributed by atoms with van der Waals surface area (Å²) in [6.45, 7) is -0.566. The van der Waals surface area contributed by atoms with Gasteiger partial charge in [-0.15, -0.1) is 0 Å². The minimum atomic E-state index is -1.55. The molecule has 0 spiro atoms. The molecule has 1 saturated heterocycles. The quantitative estimate of drug-likeness (QED) is 0.503. The molecule has 122 valence electrons. The summed E-state index contributed by atoms with van der Waals surface area (Å²) in [5.41, 5.74) is 0.113. The Morgan fingerprint density at radius 2 is 1.86 bits per heavy atom. The molecule has 8 nitrogen and oxygen atoms in total. The third-order valence-electron chi connectivity index (χ3n) is 3.38. The topological polar surface area (TPSA) is 126 Å². The number of esters is 1. The molecule has 0 amide bonds. The highest BCUT2D eigenvalue weighted by Crippen LogP contribution is 2.26. The first-order chi connectivity index (χ1) is 10.5. The van der Waals surface area contributed by atoms with E-state index in [0.717, 1.165) is 0 Å². The number of carbonyl (C=O) groups excluding carboxylic acids is 1. The van der Waals surface area contributed by atoms with Gasteiger partial charge in [0.25, 0.3) is 0 Å². The number of hydrogen-bond donors (Lipinski definition) is 4. The number of benzene rings is 1. The van der Waals surface area contributed by atoms with Crippen LogP contribution in [0.2, 0.25) is 0 Å². The Hall–Kier alpha value is -1.71. The summed E-state index contributed by atoms with van der Waals surface area (Å²) in [7, 11) is 1.22. The van der Waals surface area contributed by atoms with Gasteiger partial charge in [-0.25, -0.2) is 4.79 Å². The Kier molecular flexibility index (Phi) is 5.33. The Morgan fingerprint density at radius 1 is 1.18 bits per heavy atom. The monoisotopic (exact) mass is 314 g/mol. The highest BCUT2D eigenvalue weighted by Gasteiger charge is 2.44. The molecule has 1 aromatic rings. The van der Waals surface area contributed by atoms with Gasteiger partial charge >= 0.3 is 5.97 Å². The fourth-order valence-corrected chi connectivity index (χ4v) is 2.14. The van der Waals surface area contributed by atoms with E-state index in [4.69, 9.17) is 14.6 Å². The molecule has 5 atom stereocenters. The zero-order chi connectivity index (χ0) is 16.3. The lowest BCUT2D eigenvalue weighted by molar-refractivity contribution is -0.277. The largest absolute Gasteiger partial charge is 0.465 e. The molecule has 0 unspecified atom stereocenters. The molecule has 22 heavy (non-hydrogen) atoms. The number of aliphatic hydroxyl groups is 4. The van der Waals surface area contributed by atoms with Gasteiger partial charge in [-0.3, -0.25) is 0 Å². The molecular weight excluding hydrogens is 296 g/mol.